The Kier molecular flexibility index (Phi) is 6.40. The zero-order valence-electron chi connectivity index (χ0n) is 14.2. The predicted octanol–water partition coefficient (Wildman–Crippen LogP) is 4.58. The summed E-state index contributed by atoms with van der Waals surface area (Å²) in [6.07, 6.45) is 0.339. The Hall–Kier alpha value is -1.85. The maximum absolute atomic E-state index is 12.2. The van der Waals surface area contributed by atoms with Gasteiger partial charge in [0.15, 0.2) is 6.10 Å². The first-order valence-corrected chi connectivity index (χ1v) is 8.96. The van der Waals surface area contributed by atoms with Crippen LogP contribution in [0.3, 0.4) is 0 Å². The summed E-state index contributed by atoms with van der Waals surface area (Å²) in [5.41, 5.74) is 4.23. The summed E-state index contributed by atoms with van der Waals surface area (Å²) in [6, 6.07) is 9.39. The maximum Gasteiger partial charge on any atom is 0.280 e. The molecule has 4 nitrogen and oxygen atoms in total. The zero-order valence-corrected chi connectivity index (χ0v) is 15.8. The van der Waals surface area contributed by atoms with E-state index in [1.807, 2.05) is 19.9 Å². The van der Waals surface area contributed by atoms with Crippen LogP contribution in [0.4, 0.5) is 0 Å². The number of carbonyl (C=O) groups is 1. The SMILES string of the molecule is CCc1ccc(/C(C)=N\NC(=O)[C@H](C)Oc2ccc(Cl)cc2C)s1. The Labute approximate surface area is 151 Å². The Balaban J connectivity index is 1.96. The minimum Gasteiger partial charge on any atom is -0.481 e. The van der Waals surface area contributed by atoms with Gasteiger partial charge < -0.3 is 4.74 Å². The van der Waals surface area contributed by atoms with Crippen molar-refractivity contribution in [1.82, 2.24) is 5.43 Å². The molecule has 0 unspecified atom stereocenters. The number of nitrogens with one attached hydrogen (secondary N) is 1. The third-order valence-electron chi connectivity index (χ3n) is 3.51. The third kappa shape index (κ3) is 4.82. The van der Waals surface area contributed by atoms with Gasteiger partial charge in [-0.2, -0.15) is 5.10 Å². The molecule has 1 atom stereocenters. The van der Waals surface area contributed by atoms with Crippen molar-refractivity contribution >= 4 is 34.6 Å². The van der Waals surface area contributed by atoms with Crippen LogP contribution in [-0.2, 0) is 11.2 Å². The second-order valence-electron chi connectivity index (χ2n) is 5.46. The van der Waals surface area contributed by atoms with Crippen molar-refractivity contribution in [1.29, 1.82) is 0 Å². The maximum atomic E-state index is 12.2. The van der Waals surface area contributed by atoms with E-state index in [1.165, 1.54) is 4.88 Å². The normalized spacial score (nSPS) is 12.8. The molecule has 0 saturated carbocycles. The topological polar surface area (TPSA) is 50.7 Å². The van der Waals surface area contributed by atoms with E-state index in [0.29, 0.717) is 10.8 Å². The van der Waals surface area contributed by atoms with Crippen molar-refractivity contribution in [2.75, 3.05) is 0 Å². The van der Waals surface area contributed by atoms with Crippen LogP contribution in [-0.4, -0.2) is 17.7 Å². The van der Waals surface area contributed by atoms with E-state index in [9.17, 15) is 4.79 Å². The number of ether oxygens (including phenoxy) is 1. The Morgan fingerprint density at radius 2 is 2.12 bits per heavy atom. The Morgan fingerprint density at radius 1 is 1.38 bits per heavy atom. The van der Waals surface area contributed by atoms with Crippen molar-refractivity contribution in [3.05, 3.63) is 50.7 Å². The van der Waals surface area contributed by atoms with Gasteiger partial charge in [-0.1, -0.05) is 18.5 Å². The molecule has 0 saturated heterocycles. The van der Waals surface area contributed by atoms with Crippen LogP contribution in [0.1, 0.15) is 36.1 Å². The molecular weight excluding hydrogens is 344 g/mol. The summed E-state index contributed by atoms with van der Waals surface area (Å²) in [7, 11) is 0. The molecule has 0 fully saturated rings. The molecule has 2 aromatic rings. The minimum atomic E-state index is -0.657. The van der Waals surface area contributed by atoms with Gasteiger partial charge in [0.1, 0.15) is 5.75 Å². The van der Waals surface area contributed by atoms with Crippen molar-refractivity contribution in [2.24, 2.45) is 5.10 Å². The molecule has 0 aliphatic heterocycles. The van der Waals surface area contributed by atoms with E-state index in [0.717, 1.165) is 22.6 Å². The van der Waals surface area contributed by atoms with E-state index >= 15 is 0 Å². The van der Waals surface area contributed by atoms with E-state index in [2.05, 4.69) is 23.5 Å². The number of aryl methyl sites for hydroxylation is 2. The number of benzene rings is 1. The minimum absolute atomic E-state index is 0.295. The van der Waals surface area contributed by atoms with Gasteiger partial charge in [0, 0.05) is 9.90 Å². The van der Waals surface area contributed by atoms with Gasteiger partial charge in [-0.25, -0.2) is 5.43 Å². The van der Waals surface area contributed by atoms with E-state index in [-0.39, 0.29) is 5.91 Å². The molecule has 1 amide bonds. The molecule has 0 aliphatic rings. The standard InChI is InChI=1S/C18H21ClN2O2S/c1-5-15-7-9-17(24-15)12(3)20-21-18(22)13(4)23-16-8-6-14(19)10-11(16)2/h6-10,13H,5H2,1-4H3,(H,21,22)/b20-12-/t13-/m0/s1. The van der Waals surface area contributed by atoms with Crippen LogP contribution < -0.4 is 10.2 Å². The number of rotatable bonds is 6. The molecule has 1 heterocycles. The highest BCUT2D eigenvalue weighted by atomic mass is 35.5. The van der Waals surface area contributed by atoms with Crippen LogP contribution >= 0.6 is 22.9 Å². The van der Waals surface area contributed by atoms with Gasteiger partial charge in [0.25, 0.3) is 5.91 Å². The first-order valence-electron chi connectivity index (χ1n) is 7.76. The fourth-order valence-corrected chi connectivity index (χ4v) is 3.16. The molecule has 1 N–H and O–H groups in total. The number of hydrogen-bond donors (Lipinski definition) is 1. The van der Waals surface area contributed by atoms with Crippen molar-refractivity contribution in [3.8, 4) is 5.75 Å². The third-order valence-corrected chi connectivity index (χ3v) is 5.08. The molecule has 0 radical (unpaired) electrons. The second-order valence-corrected chi connectivity index (χ2v) is 7.07. The molecule has 24 heavy (non-hydrogen) atoms. The van der Waals surface area contributed by atoms with Crippen molar-refractivity contribution in [3.63, 3.8) is 0 Å². The fraction of sp³-hybridized carbons (Fsp3) is 0.333. The van der Waals surface area contributed by atoms with Gasteiger partial charge >= 0.3 is 0 Å². The summed E-state index contributed by atoms with van der Waals surface area (Å²) in [5, 5.41) is 4.81. The highest BCUT2D eigenvalue weighted by Crippen LogP contribution is 2.23. The van der Waals surface area contributed by atoms with Gasteiger partial charge in [0.05, 0.1) is 10.6 Å². The second kappa shape index (κ2) is 8.31. The monoisotopic (exact) mass is 364 g/mol. The van der Waals surface area contributed by atoms with Crippen LogP contribution in [0.5, 0.6) is 5.75 Å². The number of carbonyl (C=O) groups excluding carboxylic acids is 1. The summed E-state index contributed by atoms with van der Waals surface area (Å²) in [5.74, 6) is 0.338. The zero-order chi connectivity index (χ0) is 17.7. The molecule has 2 rings (SSSR count). The number of hydrazone groups is 1. The summed E-state index contributed by atoms with van der Waals surface area (Å²) >= 11 is 7.60. The number of halogens is 1. The number of amides is 1. The molecule has 6 heteroatoms. The molecule has 128 valence electrons. The fourth-order valence-electron chi connectivity index (χ4n) is 2.04. The lowest BCUT2D eigenvalue weighted by atomic mass is 10.2. The van der Waals surface area contributed by atoms with Gasteiger partial charge in [-0.05, 0) is 63.1 Å². The van der Waals surface area contributed by atoms with Gasteiger partial charge in [-0.15, -0.1) is 11.3 Å². The van der Waals surface area contributed by atoms with E-state index in [4.69, 9.17) is 16.3 Å². The van der Waals surface area contributed by atoms with Gasteiger partial charge in [0.2, 0.25) is 0 Å². The van der Waals surface area contributed by atoms with E-state index in [1.54, 1.807) is 36.5 Å². The largest absolute Gasteiger partial charge is 0.481 e. The van der Waals surface area contributed by atoms with Crippen molar-refractivity contribution < 1.29 is 9.53 Å². The highest BCUT2D eigenvalue weighted by molar-refractivity contribution is 7.14. The Morgan fingerprint density at radius 3 is 2.75 bits per heavy atom. The van der Waals surface area contributed by atoms with Crippen LogP contribution in [0, 0.1) is 6.92 Å². The smallest absolute Gasteiger partial charge is 0.280 e. The lowest BCUT2D eigenvalue weighted by molar-refractivity contribution is -0.127. The van der Waals surface area contributed by atoms with E-state index < -0.39 is 6.10 Å². The summed E-state index contributed by atoms with van der Waals surface area (Å²) in [4.78, 5) is 14.5. The van der Waals surface area contributed by atoms with Crippen LogP contribution in [0.25, 0.3) is 0 Å². The molecular formula is C18H21ClN2O2S. The first kappa shape index (κ1) is 18.5. The average molecular weight is 365 g/mol. The lowest BCUT2D eigenvalue weighted by Gasteiger charge is -2.15. The molecule has 1 aromatic heterocycles. The number of thiophene rings is 1. The highest BCUT2D eigenvalue weighted by Gasteiger charge is 2.15. The van der Waals surface area contributed by atoms with Gasteiger partial charge in [-0.3, -0.25) is 4.79 Å². The van der Waals surface area contributed by atoms with Crippen LogP contribution in [0.2, 0.25) is 5.02 Å². The summed E-state index contributed by atoms with van der Waals surface area (Å²) in [6.45, 7) is 7.56. The predicted molar refractivity (Wildman–Crippen MR) is 100 cm³/mol. The molecule has 0 aliphatic carbocycles. The lowest BCUT2D eigenvalue weighted by Crippen LogP contribution is -2.34. The quantitative estimate of drug-likeness (QED) is 0.602. The molecule has 1 aromatic carbocycles. The van der Waals surface area contributed by atoms with Crippen molar-refractivity contribution in [2.45, 2.75) is 40.2 Å². The summed E-state index contributed by atoms with van der Waals surface area (Å²) < 4.78 is 5.68. The average Bonchev–Trinajstić information content (AvgIpc) is 3.04. The van der Waals surface area contributed by atoms with Crippen LogP contribution in [0.15, 0.2) is 35.4 Å². The number of nitrogens with zero attached hydrogens (tertiary/aromatic N) is 1. The molecule has 0 spiro atoms. The Bertz CT molecular complexity index is 755. The first-order chi connectivity index (χ1) is 11.4. The number of hydrogen-bond acceptors (Lipinski definition) is 4. The molecule has 0 bridgehead atoms.